The number of nitrogens with zero attached hydrogens (tertiary/aromatic N) is 1. The van der Waals surface area contributed by atoms with E-state index in [4.69, 9.17) is 0 Å². The van der Waals surface area contributed by atoms with Gasteiger partial charge in [0.1, 0.15) is 12.1 Å². The first-order chi connectivity index (χ1) is 10.5. The molecule has 124 valence electrons. The molecule has 1 saturated heterocycles. The van der Waals surface area contributed by atoms with Gasteiger partial charge in [0.2, 0.25) is 5.91 Å². The molecule has 0 bridgehead atoms. The molecule has 1 aliphatic carbocycles. The molecule has 7 heteroatoms. The van der Waals surface area contributed by atoms with Gasteiger partial charge in [-0.2, -0.15) is 0 Å². The molecule has 0 aromatic heterocycles. The second kappa shape index (κ2) is 7.09. The Kier molecular flexibility index (Phi) is 5.39. The van der Waals surface area contributed by atoms with Gasteiger partial charge in [0.25, 0.3) is 5.91 Å². The molecule has 2 aliphatic rings. The van der Waals surface area contributed by atoms with Crippen LogP contribution in [0, 0.1) is 0 Å². The Morgan fingerprint density at radius 3 is 2.64 bits per heavy atom. The van der Waals surface area contributed by atoms with Gasteiger partial charge < -0.3 is 16.0 Å². The summed E-state index contributed by atoms with van der Waals surface area (Å²) in [6.45, 7) is 5.06. The van der Waals surface area contributed by atoms with Gasteiger partial charge in [-0.1, -0.05) is 26.2 Å². The highest BCUT2D eigenvalue weighted by Crippen LogP contribution is 2.33. The van der Waals surface area contributed by atoms with Gasteiger partial charge in [0, 0.05) is 12.6 Å². The third kappa shape index (κ3) is 3.58. The number of carbonyl (C=O) groups is 3. The fourth-order valence-corrected chi connectivity index (χ4v) is 3.20. The molecule has 0 aromatic rings. The minimum absolute atomic E-state index is 0.154. The second-order valence-electron chi connectivity index (χ2n) is 6.23. The van der Waals surface area contributed by atoms with Crippen molar-refractivity contribution in [2.75, 3.05) is 19.6 Å². The van der Waals surface area contributed by atoms with Gasteiger partial charge >= 0.3 is 6.03 Å². The van der Waals surface area contributed by atoms with E-state index in [1.807, 2.05) is 13.8 Å². The van der Waals surface area contributed by atoms with Crippen LogP contribution in [0.4, 0.5) is 4.79 Å². The summed E-state index contributed by atoms with van der Waals surface area (Å²) in [7, 11) is 0. The zero-order valence-corrected chi connectivity index (χ0v) is 13.4. The van der Waals surface area contributed by atoms with E-state index >= 15 is 0 Å². The molecule has 2 fully saturated rings. The number of nitrogens with one attached hydrogen (secondary N) is 3. The lowest BCUT2D eigenvalue weighted by Gasteiger charge is -2.30. The normalized spacial score (nSPS) is 21.8. The number of hydrogen-bond donors (Lipinski definition) is 3. The average molecular weight is 310 g/mol. The second-order valence-corrected chi connectivity index (χ2v) is 6.23. The predicted molar refractivity (Wildman–Crippen MR) is 82.2 cm³/mol. The van der Waals surface area contributed by atoms with Crippen molar-refractivity contribution in [3.8, 4) is 0 Å². The van der Waals surface area contributed by atoms with E-state index in [-0.39, 0.29) is 24.4 Å². The number of rotatable bonds is 6. The third-order valence-corrected chi connectivity index (χ3v) is 4.41. The van der Waals surface area contributed by atoms with Crippen molar-refractivity contribution < 1.29 is 14.4 Å². The van der Waals surface area contributed by atoms with Crippen molar-refractivity contribution in [1.82, 2.24) is 20.9 Å². The molecule has 0 unspecified atom stereocenters. The summed E-state index contributed by atoms with van der Waals surface area (Å²) in [6, 6.07) is -0.288. The van der Waals surface area contributed by atoms with Crippen molar-refractivity contribution in [3.05, 3.63) is 0 Å². The van der Waals surface area contributed by atoms with Crippen LogP contribution in [0.3, 0.4) is 0 Å². The van der Waals surface area contributed by atoms with E-state index in [1.54, 1.807) is 0 Å². The molecule has 7 nitrogen and oxygen atoms in total. The van der Waals surface area contributed by atoms with Crippen molar-refractivity contribution in [1.29, 1.82) is 0 Å². The molecular weight excluding hydrogens is 284 g/mol. The molecule has 0 aromatic carbocycles. The van der Waals surface area contributed by atoms with E-state index in [0.717, 1.165) is 30.7 Å². The lowest BCUT2D eigenvalue weighted by Crippen LogP contribution is -2.49. The Hall–Kier alpha value is -1.63. The molecule has 4 amide bonds. The number of urea groups is 1. The molecule has 1 saturated carbocycles. The van der Waals surface area contributed by atoms with Gasteiger partial charge in [-0.05, 0) is 26.3 Å². The van der Waals surface area contributed by atoms with Crippen molar-refractivity contribution in [2.45, 2.75) is 57.5 Å². The highest BCUT2D eigenvalue weighted by Gasteiger charge is 2.51. The van der Waals surface area contributed by atoms with Gasteiger partial charge in [-0.25, -0.2) is 4.79 Å². The highest BCUT2D eigenvalue weighted by molar-refractivity contribution is 6.09. The van der Waals surface area contributed by atoms with E-state index in [9.17, 15) is 14.4 Å². The Bertz CT molecular complexity index is 446. The maximum atomic E-state index is 12.5. The van der Waals surface area contributed by atoms with Crippen LogP contribution in [0.5, 0.6) is 0 Å². The summed E-state index contributed by atoms with van der Waals surface area (Å²) >= 11 is 0. The molecule has 0 radical (unpaired) electrons. The monoisotopic (exact) mass is 310 g/mol. The molecule has 1 atom stereocenters. The summed E-state index contributed by atoms with van der Waals surface area (Å²) in [5.74, 6) is -0.548. The lowest BCUT2D eigenvalue weighted by atomic mass is 9.82. The quantitative estimate of drug-likeness (QED) is 0.618. The maximum Gasteiger partial charge on any atom is 0.325 e. The van der Waals surface area contributed by atoms with E-state index < -0.39 is 11.6 Å². The molecule has 1 spiro atoms. The number of imide groups is 1. The van der Waals surface area contributed by atoms with Crippen LogP contribution >= 0.6 is 0 Å². The van der Waals surface area contributed by atoms with Crippen LogP contribution in [0.2, 0.25) is 0 Å². The van der Waals surface area contributed by atoms with Crippen LogP contribution in [0.15, 0.2) is 0 Å². The minimum Gasteiger partial charge on any atom is -0.353 e. The first kappa shape index (κ1) is 16.7. The average Bonchev–Trinajstić information content (AvgIpc) is 2.71. The molecule has 1 heterocycles. The first-order valence-corrected chi connectivity index (χ1v) is 8.12. The van der Waals surface area contributed by atoms with Crippen molar-refractivity contribution in [3.63, 3.8) is 0 Å². The summed E-state index contributed by atoms with van der Waals surface area (Å²) in [5, 5.41) is 8.74. The fraction of sp³-hybridized carbons (Fsp3) is 0.800. The number of hydrogen-bond acceptors (Lipinski definition) is 4. The van der Waals surface area contributed by atoms with Crippen LogP contribution in [-0.4, -0.2) is 54.0 Å². The maximum absolute atomic E-state index is 12.5. The Morgan fingerprint density at radius 1 is 1.32 bits per heavy atom. The van der Waals surface area contributed by atoms with Crippen LogP contribution < -0.4 is 16.0 Å². The minimum atomic E-state index is -0.757. The summed E-state index contributed by atoms with van der Waals surface area (Å²) in [5.41, 5.74) is -0.757. The molecular formula is C15H26N4O3. The summed E-state index contributed by atoms with van der Waals surface area (Å²) in [4.78, 5) is 37.6. The number of carbonyl (C=O) groups excluding carboxylic acids is 3. The topological polar surface area (TPSA) is 90.5 Å². The summed E-state index contributed by atoms with van der Waals surface area (Å²) < 4.78 is 0. The number of likely N-dealkylation sites (N-methyl/N-ethyl adjacent to an activating group) is 1. The van der Waals surface area contributed by atoms with Gasteiger partial charge in [-0.15, -0.1) is 0 Å². The number of amides is 4. The standard InChI is InChI=1S/C15H26N4O3/c1-3-16-11(2)9-17-12(20)10-19-13(21)15(18-14(19)22)7-5-4-6-8-15/h11,16H,3-10H2,1-2H3,(H,17,20)(H,18,22)/t11-/m1/s1. The van der Waals surface area contributed by atoms with E-state index in [0.29, 0.717) is 19.4 Å². The third-order valence-electron chi connectivity index (χ3n) is 4.41. The van der Waals surface area contributed by atoms with Crippen LogP contribution in [0.1, 0.15) is 46.0 Å². The fourth-order valence-electron chi connectivity index (χ4n) is 3.20. The van der Waals surface area contributed by atoms with Gasteiger partial charge in [-0.3, -0.25) is 14.5 Å². The SMILES string of the molecule is CCN[C@H](C)CNC(=O)CN1C(=O)NC2(CCCCC2)C1=O. The Balaban J connectivity index is 1.88. The van der Waals surface area contributed by atoms with Crippen molar-refractivity contribution >= 4 is 17.8 Å². The Morgan fingerprint density at radius 2 is 2.00 bits per heavy atom. The molecule has 22 heavy (non-hydrogen) atoms. The van der Waals surface area contributed by atoms with Gasteiger partial charge in [0.15, 0.2) is 0 Å². The zero-order chi connectivity index (χ0) is 16.2. The van der Waals surface area contributed by atoms with E-state index in [1.165, 1.54) is 0 Å². The first-order valence-electron chi connectivity index (χ1n) is 8.12. The molecule has 2 rings (SSSR count). The Labute approximate surface area is 131 Å². The molecule has 3 N–H and O–H groups in total. The largest absolute Gasteiger partial charge is 0.353 e. The summed E-state index contributed by atoms with van der Waals surface area (Å²) in [6.07, 6.45) is 4.31. The van der Waals surface area contributed by atoms with Gasteiger partial charge in [0.05, 0.1) is 0 Å². The van der Waals surface area contributed by atoms with Crippen LogP contribution in [-0.2, 0) is 9.59 Å². The predicted octanol–water partition coefficient (Wildman–Crippen LogP) is 0.355. The zero-order valence-electron chi connectivity index (χ0n) is 13.4. The molecule has 1 aliphatic heterocycles. The smallest absolute Gasteiger partial charge is 0.325 e. The van der Waals surface area contributed by atoms with E-state index in [2.05, 4.69) is 16.0 Å². The van der Waals surface area contributed by atoms with Crippen LogP contribution in [0.25, 0.3) is 0 Å². The highest BCUT2D eigenvalue weighted by atomic mass is 16.2. The van der Waals surface area contributed by atoms with Crippen molar-refractivity contribution in [2.24, 2.45) is 0 Å². The lowest BCUT2D eigenvalue weighted by molar-refractivity contribution is -0.135.